The van der Waals surface area contributed by atoms with Crippen LogP contribution in [0.1, 0.15) is 15.2 Å². The highest BCUT2D eigenvalue weighted by Crippen LogP contribution is 2.40. The number of hydrogen-bond donors (Lipinski definition) is 1. The van der Waals surface area contributed by atoms with Crippen molar-refractivity contribution in [3.05, 3.63) is 58.4 Å². The molecular weight excluding hydrogens is 354 g/mol. The number of aromatic nitrogens is 2. The summed E-state index contributed by atoms with van der Waals surface area (Å²) in [7, 11) is 0. The van der Waals surface area contributed by atoms with Crippen molar-refractivity contribution in [1.82, 2.24) is 9.97 Å². The molecule has 1 amide bonds. The van der Waals surface area contributed by atoms with E-state index in [2.05, 4.69) is 15.3 Å². The number of ether oxygens (including phenoxy) is 1. The number of rotatable bonds is 2. The number of carbonyl (C=O) groups excluding carboxylic acids is 1. The number of benzene rings is 2. The molecule has 5 nitrogen and oxygen atoms in total. The Kier molecular flexibility index (Phi) is 3.29. The minimum Gasteiger partial charge on any atom is -0.487 e. The van der Waals surface area contributed by atoms with Crippen LogP contribution in [-0.4, -0.2) is 15.9 Å². The maximum atomic E-state index is 12.5. The Morgan fingerprint density at radius 2 is 2.12 bits per heavy atom. The number of para-hydroxylation sites is 1. The molecule has 0 bridgehead atoms. The van der Waals surface area contributed by atoms with E-state index in [1.807, 2.05) is 36.4 Å². The lowest BCUT2D eigenvalue weighted by Crippen LogP contribution is -2.11. The van der Waals surface area contributed by atoms with E-state index in [0.29, 0.717) is 17.3 Å². The second-order valence-electron chi connectivity index (χ2n) is 5.56. The molecule has 0 fully saturated rings. The van der Waals surface area contributed by atoms with Crippen LogP contribution < -0.4 is 10.1 Å². The summed E-state index contributed by atoms with van der Waals surface area (Å²) in [5, 5.41) is 3.48. The number of carbonyl (C=O) groups is 1. The molecule has 122 valence electrons. The summed E-state index contributed by atoms with van der Waals surface area (Å²) in [6.07, 6.45) is 0. The van der Waals surface area contributed by atoms with Gasteiger partial charge in [0.05, 0.1) is 26.3 Å². The predicted molar refractivity (Wildman–Crippen MR) is 99.5 cm³/mol. The third-order valence-electron chi connectivity index (χ3n) is 4.01. The average molecular weight is 365 g/mol. The Bertz CT molecular complexity index is 1120. The van der Waals surface area contributed by atoms with E-state index in [9.17, 15) is 4.79 Å². The minimum atomic E-state index is -0.171. The first-order valence-electron chi connectivity index (χ1n) is 7.64. The lowest BCUT2D eigenvalue weighted by molar-refractivity contribution is 0.102. The first kappa shape index (κ1) is 14.6. The Hall–Kier alpha value is -2.77. The highest BCUT2D eigenvalue weighted by Gasteiger charge is 2.22. The van der Waals surface area contributed by atoms with E-state index in [-0.39, 0.29) is 5.91 Å². The van der Waals surface area contributed by atoms with Crippen molar-refractivity contribution in [3.8, 4) is 17.0 Å². The summed E-state index contributed by atoms with van der Waals surface area (Å²) in [6, 6.07) is 13.3. The Morgan fingerprint density at radius 1 is 1.20 bits per heavy atom. The highest BCUT2D eigenvalue weighted by atomic mass is 32.1. The van der Waals surface area contributed by atoms with Crippen LogP contribution in [0.4, 0.5) is 5.13 Å². The van der Waals surface area contributed by atoms with Crippen LogP contribution >= 0.6 is 22.7 Å². The molecule has 5 rings (SSSR count). The molecule has 1 aliphatic rings. The van der Waals surface area contributed by atoms with Gasteiger partial charge >= 0.3 is 0 Å². The fourth-order valence-electron chi connectivity index (χ4n) is 2.81. The largest absolute Gasteiger partial charge is 0.487 e. The third kappa shape index (κ3) is 2.48. The van der Waals surface area contributed by atoms with Gasteiger partial charge in [-0.15, -0.1) is 11.3 Å². The second-order valence-corrected chi connectivity index (χ2v) is 7.53. The predicted octanol–water partition coefficient (Wildman–Crippen LogP) is 4.56. The molecule has 2 aromatic heterocycles. The van der Waals surface area contributed by atoms with E-state index in [1.165, 1.54) is 22.7 Å². The standard InChI is InChI=1S/C18H11N3O2S2/c22-17(10-5-6-12-14(7-10)24-9-19-12)21-18-20-16-11-3-1-2-4-13(11)23-8-15(16)25-18/h1-7,9H,8H2,(H,20,21,22). The van der Waals surface area contributed by atoms with E-state index >= 15 is 0 Å². The van der Waals surface area contributed by atoms with Crippen molar-refractivity contribution >= 4 is 43.9 Å². The van der Waals surface area contributed by atoms with Gasteiger partial charge in [0.25, 0.3) is 5.91 Å². The number of nitrogens with one attached hydrogen (secondary N) is 1. The molecule has 0 radical (unpaired) electrons. The molecule has 25 heavy (non-hydrogen) atoms. The number of hydrogen-bond acceptors (Lipinski definition) is 6. The Balaban J connectivity index is 1.45. The second kappa shape index (κ2) is 5.65. The van der Waals surface area contributed by atoms with Gasteiger partial charge in [0.15, 0.2) is 5.13 Å². The Labute approximate surface area is 150 Å². The zero-order valence-corrected chi connectivity index (χ0v) is 14.5. The first-order chi connectivity index (χ1) is 12.3. The van der Waals surface area contributed by atoms with Gasteiger partial charge in [0.2, 0.25) is 0 Å². The molecule has 0 atom stereocenters. The molecule has 4 aromatic rings. The van der Waals surface area contributed by atoms with Crippen molar-refractivity contribution in [2.75, 3.05) is 5.32 Å². The fraction of sp³-hybridized carbons (Fsp3) is 0.0556. The summed E-state index contributed by atoms with van der Waals surface area (Å²) < 4.78 is 6.74. The molecule has 7 heteroatoms. The van der Waals surface area contributed by atoms with Gasteiger partial charge in [0, 0.05) is 11.1 Å². The van der Waals surface area contributed by atoms with Gasteiger partial charge in [-0.2, -0.15) is 0 Å². The molecule has 0 saturated carbocycles. The molecule has 0 saturated heterocycles. The van der Waals surface area contributed by atoms with Gasteiger partial charge in [-0.05, 0) is 30.3 Å². The number of amides is 1. The number of anilines is 1. The third-order valence-corrected chi connectivity index (χ3v) is 5.75. The topological polar surface area (TPSA) is 64.1 Å². The zero-order valence-electron chi connectivity index (χ0n) is 12.9. The Morgan fingerprint density at radius 3 is 3.08 bits per heavy atom. The summed E-state index contributed by atoms with van der Waals surface area (Å²) in [4.78, 5) is 22.4. The van der Waals surface area contributed by atoms with Crippen LogP contribution in [0.2, 0.25) is 0 Å². The van der Waals surface area contributed by atoms with E-state index < -0.39 is 0 Å². The average Bonchev–Trinajstić information content (AvgIpc) is 3.27. The van der Waals surface area contributed by atoms with Gasteiger partial charge in [-0.1, -0.05) is 23.5 Å². The number of nitrogens with zero attached hydrogens (tertiary/aromatic N) is 2. The summed E-state index contributed by atoms with van der Waals surface area (Å²) in [6.45, 7) is 0.479. The van der Waals surface area contributed by atoms with E-state index in [1.54, 1.807) is 11.6 Å². The van der Waals surface area contributed by atoms with Crippen LogP contribution in [0, 0.1) is 0 Å². The van der Waals surface area contributed by atoms with Crippen LogP contribution in [0.25, 0.3) is 21.5 Å². The van der Waals surface area contributed by atoms with Crippen molar-refractivity contribution < 1.29 is 9.53 Å². The first-order valence-corrected chi connectivity index (χ1v) is 9.34. The van der Waals surface area contributed by atoms with Crippen molar-refractivity contribution in [2.24, 2.45) is 0 Å². The highest BCUT2D eigenvalue weighted by molar-refractivity contribution is 7.17. The molecule has 3 heterocycles. The van der Waals surface area contributed by atoms with Crippen molar-refractivity contribution in [1.29, 1.82) is 0 Å². The minimum absolute atomic E-state index is 0.171. The molecule has 1 aliphatic heterocycles. The van der Waals surface area contributed by atoms with Crippen LogP contribution in [0.3, 0.4) is 0 Å². The SMILES string of the molecule is O=C(Nc1nc2c(s1)COc1ccccc1-2)c1ccc2ncsc2c1. The fourth-order valence-corrected chi connectivity index (χ4v) is 4.41. The molecular formula is C18H11N3O2S2. The lowest BCUT2D eigenvalue weighted by atomic mass is 10.1. The summed E-state index contributed by atoms with van der Waals surface area (Å²) >= 11 is 2.97. The normalized spacial score (nSPS) is 12.3. The molecule has 0 unspecified atom stereocenters. The molecule has 2 aromatic carbocycles. The number of fused-ring (bicyclic) bond motifs is 4. The maximum absolute atomic E-state index is 12.5. The smallest absolute Gasteiger partial charge is 0.257 e. The lowest BCUT2D eigenvalue weighted by Gasteiger charge is -2.15. The number of thiazole rings is 2. The summed E-state index contributed by atoms with van der Waals surface area (Å²) in [5.41, 5.74) is 5.13. The van der Waals surface area contributed by atoms with Gasteiger partial charge in [-0.3, -0.25) is 10.1 Å². The van der Waals surface area contributed by atoms with E-state index in [4.69, 9.17) is 4.74 Å². The van der Waals surface area contributed by atoms with Crippen molar-refractivity contribution in [3.63, 3.8) is 0 Å². The molecule has 1 N–H and O–H groups in total. The van der Waals surface area contributed by atoms with E-state index in [0.717, 1.165) is 32.1 Å². The van der Waals surface area contributed by atoms with Gasteiger partial charge in [0.1, 0.15) is 12.4 Å². The molecule has 0 aliphatic carbocycles. The van der Waals surface area contributed by atoms with Crippen LogP contribution in [0.5, 0.6) is 5.75 Å². The van der Waals surface area contributed by atoms with Gasteiger partial charge in [-0.25, -0.2) is 9.97 Å². The summed E-state index contributed by atoms with van der Waals surface area (Å²) in [5.74, 6) is 0.657. The maximum Gasteiger partial charge on any atom is 0.257 e. The van der Waals surface area contributed by atoms with Crippen LogP contribution in [-0.2, 0) is 6.61 Å². The monoisotopic (exact) mass is 365 g/mol. The quantitative estimate of drug-likeness (QED) is 0.565. The van der Waals surface area contributed by atoms with Crippen LogP contribution in [0.15, 0.2) is 48.0 Å². The van der Waals surface area contributed by atoms with Gasteiger partial charge < -0.3 is 4.74 Å². The zero-order chi connectivity index (χ0) is 16.8. The molecule has 0 spiro atoms. The van der Waals surface area contributed by atoms with Crippen molar-refractivity contribution in [2.45, 2.75) is 6.61 Å².